The van der Waals surface area contributed by atoms with E-state index in [0.29, 0.717) is 28.2 Å². The molecule has 0 aliphatic carbocycles. The maximum atomic E-state index is 12.7. The SMILES string of the molecule is COc1cc(Cl)ccc1N1CC(C)Oc2cc(S(=O)(=O)Nc3nccs3)ccc21. The molecule has 1 atom stereocenters. The molecule has 1 aromatic heterocycles. The van der Waals surface area contributed by atoms with Crippen LogP contribution in [0.3, 0.4) is 0 Å². The average molecular weight is 452 g/mol. The highest BCUT2D eigenvalue weighted by Crippen LogP contribution is 2.43. The standard InChI is InChI=1S/C19H18ClN3O4S2/c1-12-11-23(15-5-3-13(20)9-17(15)26-2)16-6-4-14(10-18(16)27-12)29(24,25)22-19-21-7-8-28-19/h3-10,12H,11H2,1-2H3,(H,21,22). The number of rotatable bonds is 5. The Kier molecular flexibility index (Phi) is 5.28. The van der Waals surface area contributed by atoms with Crippen LogP contribution < -0.4 is 19.1 Å². The van der Waals surface area contributed by atoms with Crippen molar-refractivity contribution in [2.45, 2.75) is 17.9 Å². The summed E-state index contributed by atoms with van der Waals surface area (Å²) in [5, 5.41) is 2.58. The van der Waals surface area contributed by atoms with Gasteiger partial charge in [0.1, 0.15) is 17.6 Å². The third-order valence-electron chi connectivity index (χ3n) is 4.39. The molecule has 10 heteroatoms. The molecule has 152 valence electrons. The summed E-state index contributed by atoms with van der Waals surface area (Å²) < 4.78 is 39.3. The Balaban J connectivity index is 1.74. The Morgan fingerprint density at radius 1 is 1.28 bits per heavy atom. The molecule has 0 amide bonds. The van der Waals surface area contributed by atoms with E-state index in [9.17, 15) is 8.42 Å². The van der Waals surface area contributed by atoms with Crippen LogP contribution >= 0.6 is 22.9 Å². The average Bonchev–Trinajstić information content (AvgIpc) is 3.19. The summed E-state index contributed by atoms with van der Waals surface area (Å²) in [5.41, 5.74) is 1.57. The Labute approximate surface area is 177 Å². The first kappa shape index (κ1) is 19.8. The molecule has 0 bridgehead atoms. The summed E-state index contributed by atoms with van der Waals surface area (Å²) >= 11 is 7.30. The Morgan fingerprint density at radius 2 is 2.07 bits per heavy atom. The van der Waals surface area contributed by atoms with Crippen LogP contribution in [0.1, 0.15) is 6.92 Å². The van der Waals surface area contributed by atoms with Crippen molar-refractivity contribution >= 4 is 49.5 Å². The molecule has 1 unspecified atom stereocenters. The first-order chi connectivity index (χ1) is 13.9. The van der Waals surface area contributed by atoms with Crippen LogP contribution in [0, 0.1) is 0 Å². The molecule has 1 aliphatic heterocycles. The van der Waals surface area contributed by atoms with Gasteiger partial charge in [-0.2, -0.15) is 0 Å². The van der Waals surface area contributed by atoms with Gasteiger partial charge in [-0.15, -0.1) is 11.3 Å². The maximum Gasteiger partial charge on any atom is 0.263 e. The molecule has 0 saturated carbocycles. The molecule has 29 heavy (non-hydrogen) atoms. The van der Waals surface area contributed by atoms with Crippen molar-refractivity contribution in [1.29, 1.82) is 0 Å². The van der Waals surface area contributed by atoms with E-state index in [1.54, 1.807) is 36.8 Å². The lowest BCUT2D eigenvalue weighted by molar-refractivity contribution is 0.217. The van der Waals surface area contributed by atoms with Crippen LogP contribution in [-0.2, 0) is 10.0 Å². The third-order valence-corrected chi connectivity index (χ3v) is 6.78. The molecule has 4 rings (SSSR count). The fraction of sp³-hybridized carbons (Fsp3) is 0.211. The number of benzene rings is 2. The van der Waals surface area contributed by atoms with Crippen LogP contribution in [0.25, 0.3) is 0 Å². The van der Waals surface area contributed by atoms with Gasteiger partial charge in [-0.25, -0.2) is 13.4 Å². The zero-order valence-electron chi connectivity index (χ0n) is 15.6. The summed E-state index contributed by atoms with van der Waals surface area (Å²) in [6.07, 6.45) is 1.38. The minimum Gasteiger partial charge on any atom is -0.495 e. The molecule has 7 nitrogen and oxygen atoms in total. The van der Waals surface area contributed by atoms with Crippen LogP contribution in [-0.4, -0.2) is 33.2 Å². The summed E-state index contributed by atoms with van der Waals surface area (Å²) in [7, 11) is -2.19. The van der Waals surface area contributed by atoms with Crippen molar-refractivity contribution in [3.63, 3.8) is 0 Å². The first-order valence-electron chi connectivity index (χ1n) is 8.71. The van der Waals surface area contributed by atoms with E-state index in [1.807, 2.05) is 17.9 Å². The van der Waals surface area contributed by atoms with Crippen LogP contribution in [0.5, 0.6) is 11.5 Å². The van der Waals surface area contributed by atoms with Gasteiger partial charge in [-0.3, -0.25) is 4.72 Å². The van der Waals surface area contributed by atoms with Crippen LogP contribution in [0.15, 0.2) is 52.9 Å². The van der Waals surface area contributed by atoms with Crippen molar-refractivity contribution in [2.24, 2.45) is 0 Å². The number of sulfonamides is 1. The molecule has 3 aromatic rings. The number of hydrogen-bond acceptors (Lipinski definition) is 7. The molecule has 1 N–H and O–H groups in total. The number of halogens is 1. The third kappa shape index (κ3) is 3.98. The Morgan fingerprint density at radius 3 is 2.79 bits per heavy atom. The minimum atomic E-state index is -3.78. The van der Waals surface area contributed by atoms with Crippen molar-refractivity contribution in [3.05, 3.63) is 53.0 Å². The van der Waals surface area contributed by atoms with E-state index in [2.05, 4.69) is 9.71 Å². The van der Waals surface area contributed by atoms with E-state index >= 15 is 0 Å². The van der Waals surface area contributed by atoms with Crippen molar-refractivity contribution in [3.8, 4) is 11.5 Å². The van der Waals surface area contributed by atoms with Gasteiger partial charge in [0.05, 0.1) is 29.9 Å². The van der Waals surface area contributed by atoms with Gasteiger partial charge in [0.2, 0.25) is 0 Å². The number of nitrogens with zero attached hydrogens (tertiary/aromatic N) is 2. The monoisotopic (exact) mass is 451 g/mol. The maximum absolute atomic E-state index is 12.7. The van der Waals surface area contributed by atoms with Gasteiger partial charge in [0.25, 0.3) is 10.0 Å². The molecule has 1 aliphatic rings. The van der Waals surface area contributed by atoms with E-state index < -0.39 is 10.0 Å². The molecule has 2 aromatic carbocycles. The number of hydrogen-bond donors (Lipinski definition) is 1. The smallest absolute Gasteiger partial charge is 0.263 e. The van der Waals surface area contributed by atoms with Crippen molar-refractivity contribution < 1.29 is 17.9 Å². The zero-order chi connectivity index (χ0) is 20.6. The highest BCUT2D eigenvalue weighted by atomic mass is 35.5. The van der Waals surface area contributed by atoms with E-state index in [4.69, 9.17) is 21.1 Å². The molecule has 2 heterocycles. The van der Waals surface area contributed by atoms with E-state index in [-0.39, 0.29) is 11.0 Å². The van der Waals surface area contributed by atoms with Crippen LogP contribution in [0.4, 0.5) is 16.5 Å². The predicted octanol–water partition coefficient (Wildman–Crippen LogP) is 4.52. The predicted molar refractivity (Wildman–Crippen MR) is 114 cm³/mol. The zero-order valence-corrected chi connectivity index (χ0v) is 18.0. The lowest BCUT2D eigenvalue weighted by Crippen LogP contribution is -2.35. The van der Waals surface area contributed by atoms with E-state index in [1.165, 1.54) is 23.6 Å². The van der Waals surface area contributed by atoms with Gasteiger partial charge >= 0.3 is 0 Å². The largest absolute Gasteiger partial charge is 0.495 e. The highest BCUT2D eigenvalue weighted by Gasteiger charge is 2.28. The van der Waals surface area contributed by atoms with Crippen LogP contribution in [0.2, 0.25) is 5.02 Å². The molecular formula is C19H18ClN3O4S2. The van der Waals surface area contributed by atoms with Gasteiger partial charge in [0, 0.05) is 28.7 Å². The summed E-state index contributed by atoms with van der Waals surface area (Å²) in [5.74, 6) is 1.10. The van der Waals surface area contributed by atoms with Gasteiger partial charge in [-0.05, 0) is 31.2 Å². The number of methoxy groups -OCH3 is 1. The number of nitrogens with one attached hydrogen (secondary N) is 1. The number of fused-ring (bicyclic) bond motifs is 1. The molecule has 0 radical (unpaired) electrons. The Bertz CT molecular complexity index is 1140. The molecule has 0 spiro atoms. The lowest BCUT2D eigenvalue weighted by Gasteiger charge is -2.35. The number of thiazole rings is 1. The number of ether oxygens (including phenoxy) is 2. The summed E-state index contributed by atoms with van der Waals surface area (Å²) in [4.78, 5) is 6.10. The Hall–Kier alpha value is -2.49. The second kappa shape index (κ2) is 7.74. The van der Waals surface area contributed by atoms with Gasteiger partial charge in [0.15, 0.2) is 5.13 Å². The normalized spacial score (nSPS) is 16.1. The fourth-order valence-electron chi connectivity index (χ4n) is 3.14. The second-order valence-electron chi connectivity index (χ2n) is 6.43. The quantitative estimate of drug-likeness (QED) is 0.614. The summed E-state index contributed by atoms with van der Waals surface area (Å²) in [6.45, 7) is 2.50. The van der Waals surface area contributed by atoms with Crippen molar-refractivity contribution in [1.82, 2.24) is 4.98 Å². The molecule has 0 fully saturated rings. The number of aromatic nitrogens is 1. The van der Waals surface area contributed by atoms with Gasteiger partial charge < -0.3 is 14.4 Å². The fourth-order valence-corrected chi connectivity index (χ4v) is 5.10. The second-order valence-corrected chi connectivity index (χ2v) is 9.44. The van der Waals surface area contributed by atoms with Crippen molar-refractivity contribution in [2.75, 3.05) is 23.3 Å². The lowest BCUT2D eigenvalue weighted by atomic mass is 10.1. The highest BCUT2D eigenvalue weighted by molar-refractivity contribution is 7.93. The minimum absolute atomic E-state index is 0.101. The first-order valence-corrected chi connectivity index (χ1v) is 11.5. The number of anilines is 3. The molecule has 0 saturated heterocycles. The topological polar surface area (TPSA) is 80.8 Å². The summed E-state index contributed by atoms with van der Waals surface area (Å²) in [6, 6.07) is 10.2. The van der Waals surface area contributed by atoms with E-state index in [0.717, 1.165) is 11.4 Å². The molecular weight excluding hydrogens is 434 g/mol. The van der Waals surface area contributed by atoms with Gasteiger partial charge in [-0.1, -0.05) is 11.6 Å².